The summed E-state index contributed by atoms with van der Waals surface area (Å²) in [7, 11) is 0. The average molecular weight is 436 g/mol. The number of allylic oxidation sites excluding steroid dienone is 1. The smallest absolute Gasteiger partial charge is 0.0717 e. The van der Waals surface area contributed by atoms with Gasteiger partial charge in [-0.2, -0.15) is 0 Å². The normalized spacial score (nSPS) is 21.8. The molecule has 0 saturated carbocycles. The Morgan fingerprint density at radius 1 is 0.875 bits per heavy atom. The quantitative estimate of drug-likeness (QED) is 0.447. The zero-order valence-electron chi connectivity index (χ0n) is 8.83. The number of hydrogen-bond donors (Lipinski definition) is 0. The molecule has 0 saturated heterocycles. The fourth-order valence-corrected chi connectivity index (χ4v) is 10.0. The van der Waals surface area contributed by atoms with Crippen molar-refractivity contribution < 1.29 is 0 Å². The third-order valence-electron chi connectivity index (χ3n) is 1.78. The van der Waals surface area contributed by atoms with Gasteiger partial charge < -0.3 is 0 Å². The maximum absolute atomic E-state index is 2.43. The van der Waals surface area contributed by atoms with Crippen LogP contribution in [0.5, 0.6) is 0 Å². The molecule has 0 aromatic rings. The van der Waals surface area contributed by atoms with Crippen LogP contribution in [-0.4, -0.2) is 12.5 Å². The van der Waals surface area contributed by atoms with Gasteiger partial charge in [0.1, 0.15) is 0 Å². The number of halogens is 1. The van der Waals surface area contributed by atoms with Crippen molar-refractivity contribution >= 4 is 93.2 Å². The van der Waals surface area contributed by atoms with E-state index >= 15 is 0 Å². The first-order valence-electron chi connectivity index (χ1n) is 4.30. The van der Waals surface area contributed by atoms with E-state index < -0.39 is 0 Å². The van der Waals surface area contributed by atoms with Crippen LogP contribution in [0.2, 0.25) is 0 Å². The second-order valence-corrected chi connectivity index (χ2v) is 11.6. The largest absolute Gasteiger partial charge is 0.121 e. The molecule has 0 unspecified atom stereocenters. The highest BCUT2D eigenvalue weighted by Gasteiger charge is 2.27. The van der Waals surface area contributed by atoms with Gasteiger partial charge in [0.2, 0.25) is 0 Å². The lowest BCUT2D eigenvalue weighted by Gasteiger charge is -2.00. The third kappa shape index (κ3) is 3.14. The Morgan fingerprint density at radius 3 is 1.75 bits per heavy atom. The summed E-state index contributed by atoms with van der Waals surface area (Å²) in [6.45, 7) is 2.20. The summed E-state index contributed by atoms with van der Waals surface area (Å²) in [5.74, 6) is 0. The van der Waals surface area contributed by atoms with Crippen molar-refractivity contribution in [3.05, 3.63) is 24.8 Å². The molecule has 88 valence electrons. The Labute approximate surface area is 136 Å². The summed E-state index contributed by atoms with van der Waals surface area (Å²) in [6.07, 6.45) is 4.32. The van der Waals surface area contributed by atoms with Crippen LogP contribution >= 0.6 is 93.2 Å². The zero-order valence-corrected chi connectivity index (χ0v) is 15.9. The molecule has 0 aromatic heterocycles. The summed E-state index contributed by atoms with van der Waals surface area (Å²) in [5, 5.41) is 0. The lowest BCUT2D eigenvalue weighted by Crippen LogP contribution is -1.66. The van der Waals surface area contributed by atoms with Crippen LogP contribution in [0.1, 0.15) is 6.92 Å². The molecular weight excluding hydrogens is 427 g/mol. The molecular formula is C9H9IS6. The van der Waals surface area contributed by atoms with Crippen LogP contribution in [0, 0.1) is 0 Å². The predicted octanol–water partition coefficient (Wildman–Crippen LogP) is 6.55. The van der Waals surface area contributed by atoms with E-state index in [1.807, 2.05) is 70.6 Å². The van der Waals surface area contributed by atoms with E-state index in [0.29, 0.717) is 0 Å². The minimum absolute atomic E-state index is 1.43. The number of hydrogen-bond acceptors (Lipinski definition) is 6. The molecule has 16 heavy (non-hydrogen) atoms. The molecule has 0 aromatic carbocycles. The molecule has 0 bridgehead atoms. The first kappa shape index (κ1) is 14.5. The van der Waals surface area contributed by atoms with Crippen LogP contribution < -0.4 is 0 Å². The average Bonchev–Trinajstić information content (AvgIpc) is 2.83. The molecule has 0 N–H and O–H groups in total. The molecule has 0 radical (unpaired) electrons. The van der Waals surface area contributed by atoms with Crippen molar-refractivity contribution in [3.63, 3.8) is 0 Å². The number of thioether (sulfide) groups is 6. The summed E-state index contributed by atoms with van der Waals surface area (Å²) >= 11 is 13.9. The highest BCUT2D eigenvalue weighted by molar-refractivity contribution is 14.1. The standard InChI is InChI=1S/C9H9IS6/c1-4-5(10)14-8(13-4)9-15-6(11-2)7(12-3)16-9/h1-3H3. The van der Waals surface area contributed by atoms with Gasteiger partial charge in [0, 0.05) is 4.91 Å². The summed E-state index contributed by atoms with van der Waals surface area (Å²) in [5.41, 5.74) is 0. The van der Waals surface area contributed by atoms with Gasteiger partial charge in [-0.1, -0.05) is 47.0 Å². The van der Waals surface area contributed by atoms with Crippen molar-refractivity contribution in [2.24, 2.45) is 0 Å². The summed E-state index contributed by atoms with van der Waals surface area (Å²) in [4.78, 5) is 1.44. The molecule has 2 aliphatic rings. The highest BCUT2D eigenvalue weighted by Crippen LogP contribution is 2.63. The van der Waals surface area contributed by atoms with Crippen LogP contribution in [0.3, 0.4) is 0 Å². The Bertz CT molecular complexity index is 374. The van der Waals surface area contributed by atoms with Crippen molar-refractivity contribution in [1.29, 1.82) is 0 Å². The van der Waals surface area contributed by atoms with Crippen molar-refractivity contribution in [1.82, 2.24) is 0 Å². The van der Waals surface area contributed by atoms with E-state index in [2.05, 4.69) is 42.0 Å². The second kappa shape index (κ2) is 6.47. The molecule has 0 nitrogen and oxygen atoms in total. The van der Waals surface area contributed by atoms with Crippen molar-refractivity contribution in [2.45, 2.75) is 6.92 Å². The van der Waals surface area contributed by atoms with Crippen LogP contribution in [0.25, 0.3) is 0 Å². The minimum atomic E-state index is 1.43. The monoisotopic (exact) mass is 436 g/mol. The van der Waals surface area contributed by atoms with E-state index in [1.165, 1.54) is 24.8 Å². The topological polar surface area (TPSA) is 0 Å². The van der Waals surface area contributed by atoms with E-state index in [9.17, 15) is 0 Å². The molecule has 0 aliphatic carbocycles. The Balaban J connectivity index is 2.15. The molecule has 2 heterocycles. The van der Waals surface area contributed by atoms with Gasteiger partial charge in [-0.3, -0.25) is 0 Å². The minimum Gasteiger partial charge on any atom is -0.121 e. The third-order valence-corrected chi connectivity index (χ3v) is 11.8. The van der Waals surface area contributed by atoms with Gasteiger partial charge in [0.05, 0.1) is 19.9 Å². The zero-order chi connectivity index (χ0) is 11.7. The second-order valence-electron chi connectivity index (χ2n) is 2.80. The van der Waals surface area contributed by atoms with Gasteiger partial charge >= 0.3 is 0 Å². The van der Waals surface area contributed by atoms with Gasteiger partial charge in [0.15, 0.2) is 0 Å². The predicted molar refractivity (Wildman–Crippen MR) is 98.2 cm³/mol. The van der Waals surface area contributed by atoms with E-state index in [4.69, 9.17) is 0 Å². The maximum Gasteiger partial charge on any atom is 0.0717 e. The summed E-state index contributed by atoms with van der Waals surface area (Å²) < 4.78 is 7.28. The molecule has 2 rings (SSSR count). The fourth-order valence-electron chi connectivity index (χ4n) is 1.04. The highest BCUT2D eigenvalue weighted by atomic mass is 127. The first-order chi connectivity index (χ1) is 7.65. The van der Waals surface area contributed by atoms with Gasteiger partial charge in [0.25, 0.3) is 0 Å². The van der Waals surface area contributed by atoms with E-state index in [-0.39, 0.29) is 0 Å². The molecule has 0 spiro atoms. The van der Waals surface area contributed by atoms with Crippen LogP contribution in [0.4, 0.5) is 0 Å². The SMILES string of the molecule is CSC1=C(SC)SC(=C2SC(C)=C(I)S2)S1. The Morgan fingerprint density at radius 2 is 1.38 bits per heavy atom. The van der Waals surface area contributed by atoms with Crippen LogP contribution in [0.15, 0.2) is 24.8 Å². The van der Waals surface area contributed by atoms with Crippen molar-refractivity contribution in [2.75, 3.05) is 12.5 Å². The van der Waals surface area contributed by atoms with Gasteiger partial charge in [-0.25, -0.2) is 0 Å². The molecule has 0 atom stereocenters. The molecule has 7 heteroatoms. The fraction of sp³-hybridized carbons (Fsp3) is 0.333. The summed E-state index contributed by atoms with van der Waals surface area (Å²) in [6, 6.07) is 0. The van der Waals surface area contributed by atoms with Gasteiger partial charge in [-0.15, -0.1) is 23.5 Å². The van der Waals surface area contributed by atoms with Gasteiger partial charge in [-0.05, 0) is 42.0 Å². The van der Waals surface area contributed by atoms with Crippen LogP contribution in [-0.2, 0) is 0 Å². The Hall–Kier alpha value is 2.05. The Kier molecular flexibility index (Phi) is 5.85. The lowest BCUT2D eigenvalue weighted by molar-refractivity contribution is 1.73. The van der Waals surface area contributed by atoms with E-state index in [0.717, 1.165) is 0 Å². The molecule has 0 fully saturated rings. The lowest BCUT2D eigenvalue weighted by atomic mass is 10.8. The maximum atomic E-state index is 2.43. The first-order valence-corrected chi connectivity index (χ1v) is 11.1. The number of rotatable bonds is 2. The molecule has 0 amide bonds. The van der Waals surface area contributed by atoms with E-state index in [1.54, 1.807) is 0 Å². The molecule has 2 aliphatic heterocycles. The van der Waals surface area contributed by atoms with Crippen molar-refractivity contribution in [3.8, 4) is 0 Å².